The molecule has 0 fully saturated rings. The summed E-state index contributed by atoms with van der Waals surface area (Å²) in [5.41, 5.74) is 3.43. The van der Waals surface area contributed by atoms with Gasteiger partial charge in [0, 0.05) is 22.8 Å². The van der Waals surface area contributed by atoms with Crippen LogP contribution in [0.15, 0.2) is 60.2 Å². The predicted molar refractivity (Wildman–Crippen MR) is 116 cm³/mol. The van der Waals surface area contributed by atoms with Crippen molar-refractivity contribution in [2.75, 3.05) is 5.32 Å². The van der Waals surface area contributed by atoms with Crippen LogP contribution in [0.25, 0.3) is 11.8 Å². The molecule has 0 bridgehead atoms. The summed E-state index contributed by atoms with van der Waals surface area (Å²) in [6.07, 6.45) is 1.52. The topological polar surface area (TPSA) is 95.1 Å². The van der Waals surface area contributed by atoms with Gasteiger partial charge in [-0.3, -0.25) is 4.79 Å². The van der Waals surface area contributed by atoms with E-state index in [4.69, 9.17) is 11.6 Å². The number of aromatic nitrogens is 1. The van der Waals surface area contributed by atoms with Crippen LogP contribution in [0.2, 0.25) is 5.02 Å². The van der Waals surface area contributed by atoms with Crippen LogP contribution in [0.5, 0.6) is 0 Å². The summed E-state index contributed by atoms with van der Waals surface area (Å²) >= 11 is 5.97. The van der Waals surface area contributed by atoms with Crippen LogP contribution in [0.4, 0.5) is 5.69 Å². The van der Waals surface area contributed by atoms with Crippen molar-refractivity contribution in [2.24, 2.45) is 0 Å². The second kappa shape index (κ2) is 8.68. The Balaban J connectivity index is 1.98. The molecule has 6 nitrogen and oxygen atoms in total. The fraction of sp³-hybridized carbons (Fsp3) is 0.0870. The number of nitrogens with one attached hydrogen (secondary N) is 1. The summed E-state index contributed by atoms with van der Waals surface area (Å²) in [7, 11) is 0. The number of carboxylic acid groups (broad SMARTS) is 1. The lowest BCUT2D eigenvalue weighted by molar-refractivity contribution is -0.112. The van der Waals surface area contributed by atoms with Crippen molar-refractivity contribution >= 4 is 35.2 Å². The van der Waals surface area contributed by atoms with Gasteiger partial charge in [-0.15, -0.1) is 0 Å². The number of carboxylic acids is 1. The van der Waals surface area contributed by atoms with E-state index < -0.39 is 11.9 Å². The number of nitriles is 1. The second-order valence-corrected chi connectivity index (χ2v) is 7.03. The Morgan fingerprint density at radius 1 is 1.13 bits per heavy atom. The zero-order valence-electron chi connectivity index (χ0n) is 16.3. The van der Waals surface area contributed by atoms with Gasteiger partial charge in [0.15, 0.2) is 0 Å². The molecule has 0 saturated carbocycles. The lowest BCUT2D eigenvalue weighted by atomic mass is 10.1. The fourth-order valence-corrected chi connectivity index (χ4v) is 3.37. The molecule has 2 aromatic carbocycles. The zero-order valence-corrected chi connectivity index (χ0v) is 17.1. The Hall–Kier alpha value is -3.82. The van der Waals surface area contributed by atoms with Gasteiger partial charge >= 0.3 is 5.97 Å². The Bertz CT molecular complexity index is 1200. The van der Waals surface area contributed by atoms with Gasteiger partial charge in [0.1, 0.15) is 11.6 Å². The third kappa shape index (κ3) is 4.27. The number of benzene rings is 2. The highest BCUT2D eigenvalue weighted by Crippen LogP contribution is 2.26. The van der Waals surface area contributed by atoms with E-state index in [2.05, 4.69) is 5.32 Å². The van der Waals surface area contributed by atoms with Crippen molar-refractivity contribution in [3.8, 4) is 11.8 Å². The van der Waals surface area contributed by atoms with Crippen LogP contribution in [-0.4, -0.2) is 21.6 Å². The maximum absolute atomic E-state index is 12.5. The zero-order chi connectivity index (χ0) is 21.8. The van der Waals surface area contributed by atoms with Gasteiger partial charge in [0.2, 0.25) is 0 Å². The molecule has 2 N–H and O–H groups in total. The quantitative estimate of drug-likeness (QED) is 0.449. The number of hydrogen-bond acceptors (Lipinski definition) is 3. The number of aryl methyl sites for hydroxylation is 1. The van der Waals surface area contributed by atoms with Gasteiger partial charge in [-0.25, -0.2) is 4.79 Å². The van der Waals surface area contributed by atoms with Crippen LogP contribution in [0.3, 0.4) is 0 Å². The fourth-order valence-electron chi connectivity index (χ4n) is 3.17. The van der Waals surface area contributed by atoms with E-state index in [-0.39, 0.29) is 16.2 Å². The predicted octanol–water partition coefficient (Wildman–Crippen LogP) is 4.99. The Labute approximate surface area is 178 Å². The number of aromatic carboxylic acids is 1. The summed E-state index contributed by atoms with van der Waals surface area (Å²) < 4.78 is 1.85. The molecule has 150 valence electrons. The molecular formula is C23H18ClN3O3. The molecule has 0 radical (unpaired) electrons. The number of rotatable bonds is 5. The molecule has 0 atom stereocenters. The van der Waals surface area contributed by atoms with E-state index >= 15 is 0 Å². The van der Waals surface area contributed by atoms with E-state index in [1.54, 1.807) is 30.3 Å². The van der Waals surface area contributed by atoms with Crippen LogP contribution in [0, 0.1) is 25.2 Å². The Morgan fingerprint density at radius 2 is 1.83 bits per heavy atom. The van der Waals surface area contributed by atoms with Crippen molar-refractivity contribution in [1.82, 2.24) is 4.57 Å². The molecule has 0 spiro atoms. The summed E-state index contributed by atoms with van der Waals surface area (Å²) in [6.45, 7) is 3.69. The number of nitrogens with zero attached hydrogens (tertiary/aromatic N) is 2. The number of hydrogen-bond donors (Lipinski definition) is 2. The number of anilines is 1. The first-order valence-electron chi connectivity index (χ1n) is 9.02. The lowest BCUT2D eigenvalue weighted by Gasteiger charge is -2.11. The third-order valence-corrected chi connectivity index (χ3v) is 4.93. The largest absolute Gasteiger partial charge is 0.478 e. The van der Waals surface area contributed by atoms with Gasteiger partial charge in [0.05, 0.1) is 10.6 Å². The first kappa shape index (κ1) is 20.9. The van der Waals surface area contributed by atoms with Crippen LogP contribution in [0.1, 0.15) is 27.3 Å². The Morgan fingerprint density at radius 3 is 2.47 bits per heavy atom. The summed E-state index contributed by atoms with van der Waals surface area (Å²) in [5.74, 6) is -1.62. The number of para-hydroxylation sites is 1. The SMILES string of the molecule is Cc1cc(/C=C(/C#N)C(=O)Nc2ccccc2)c(C)n1-c1ccc(Cl)c(C(=O)O)c1. The van der Waals surface area contributed by atoms with Gasteiger partial charge in [-0.1, -0.05) is 29.8 Å². The molecule has 1 aromatic heterocycles. The highest BCUT2D eigenvalue weighted by atomic mass is 35.5. The van der Waals surface area contributed by atoms with Crippen LogP contribution < -0.4 is 5.32 Å². The second-order valence-electron chi connectivity index (χ2n) is 6.62. The average Bonchev–Trinajstić information content (AvgIpc) is 3.00. The summed E-state index contributed by atoms with van der Waals surface area (Å²) in [5, 5.41) is 21.7. The first-order chi connectivity index (χ1) is 14.3. The third-order valence-electron chi connectivity index (χ3n) is 4.61. The number of halogens is 1. The molecule has 30 heavy (non-hydrogen) atoms. The van der Waals surface area contributed by atoms with Crippen molar-refractivity contribution in [3.05, 3.63) is 87.7 Å². The number of carbonyl (C=O) groups is 2. The molecule has 3 aromatic rings. The van der Waals surface area contributed by atoms with E-state index in [0.717, 1.165) is 11.4 Å². The number of carbonyl (C=O) groups excluding carboxylic acids is 1. The van der Waals surface area contributed by atoms with Gasteiger partial charge in [0.25, 0.3) is 5.91 Å². The smallest absolute Gasteiger partial charge is 0.337 e. The van der Waals surface area contributed by atoms with Crippen LogP contribution in [-0.2, 0) is 4.79 Å². The van der Waals surface area contributed by atoms with Crippen molar-refractivity contribution in [3.63, 3.8) is 0 Å². The molecule has 0 unspecified atom stereocenters. The van der Waals surface area contributed by atoms with Gasteiger partial charge in [-0.2, -0.15) is 5.26 Å². The molecule has 7 heteroatoms. The Kier molecular flexibility index (Phi) is 6.05. The van der Waals surface area contributed by atoms with E-state index in [1.165, 1.54) is 18.2 Å². The number of amides is 1. The minimum Gasteiger partial charge on any atom is -0.478 e. The minimum absolute atomic E-state index is 0.00119. The first-order valence-corrected chi connectivity index (χ1v) is 9.40. The molecule has 1 amide bonds. The summed E-state index contributed by atoms with van der Waals surface area (Å²) in [4.78, 5) is 23.9. The molecule has 1 heterocycles. The molecule has 0 aliphatic carbocycles. The van der Waals surface area contributed by atoms with Gasteiger partial charge < -0.3 is 15.0 Å². The minimum atomic E-state index is -1.12. The standard InChI is InChI=1S/C23H18ClN3O3/c1-14-10-16(11-17(13-25)22(28)26-18-6-4-3-5-7-18)15(2)27(14)19-8-9-21(24)20(12-19)23(29)30/h3-12H,1-2H3,(H,26,28)(H,29,30)/b17-11-. The molecule has 0 aliphatic heterocycles. The van der Waals surface area contributed by atoms with Gasteiger partial charge in [-0.05, 0) is 61.9 Å². The van der Waals surface area contributed by atoms with E-state index in [0.29, 0.717) is 16.9 Å². The normalized spacial score (nSPS) is 11.1. The van der Waals surface area contributed by atoms with Crippen molar-refractivity contribution < 1.29 is 14.7 Å². The van der Waals surface area contributed by atoms with Crippen molar-refractivity contribution in [2.45, 2.75) is 13.8 Å². The summed E-state index contributed by atoms with van der Waals surface area (Å²) in [6, 6.07) is 17.4. The van der Waals surface area contributed by atoms with E-state index in [1.807, 2.05) is 36.6 Å². The highest BCUT2D eigenvalue weighted by Gasteiger charge is 2.16. The van der Waals surface area contributed by atoms with Crippen molar-refractivity contribution in [1.29, 1.82) is 5.26 Å². The van der Waals surface area contributed by atoms with Crippen LogP contribution >= 0.6 is 11.6 Å². The van der Waals surface area contributed by atoms with E-state index in [9.17, 15) is 20.0 Å². The average molecular weight is 420 g/mol. The molecule has 3 rings (SSSR count). The highest BCUT2D eigenvalue weighted by molar-refractivity contribution is 6.33. The maximum Gasteiger partial charge on any atom is 0.337 e. The lowest BCUT2D eigenvalue weighted by Crippen LogP contribution is -2.13. The molecule has 0 aliphatic rings. The monoisotopic (exact) mass is 419 g/mol. The molecule has 0 saturated heterocycles. The molecular weight excluding hydrogens is 402 g/mol. The maximum atomic E-state index is 12.5.